The molecule has 0 fully saturated rings. The van der Waals surface area contributed by atoms with Crippen LogP contribution in [0.3, 0.4) is 0 Å². The fourth-order valence-corrected chi connectivity index (χ4v) is 3.71. The molecule has 1 heterocycles. The molecule has 0 spiro atoms. The Morgan fingerprint density at radius 2 is 1.83 bits per heavy atom. The number of nitrogens with one attached hydrogen (secondary N) is 1. The Morgan fingerprint density at radius 3 is 2.58 bits per heavy atom. The van der Waals surface area contributed by atoms with E-state index in [1.165, 1.54) is 18.2 Å². The van der Waals surface area contributed by atoms with Crippen molar-refractivity contribution in [3.8, 4) is 0 Å². The van der Waals surface area contributed by atoms with Gasteiger partial charge in [0.1, 0.15) is 5.82 Å². The number of fused-ring (bicyclic) bond motifs is 1. The van der Waals surface area contributed by atoms with Gasteiger partial charge in [0.05, 0.1) is 4.90 Å². The molecule has 1 aromatic heterocycles. The van der Waals surface area contributed by atoms with E-state index in [0.717, 1.165) is 22.0 Å². The number of halogens is 1. The summed E-state index contributed by atoms with van der Waals surface area (Å²) in [6, 6.07) is 9.48. The average Bonchev–Trinajstić information content (AvgIpc) is 2.88. The first-order valence-electron chi connectivity index (χ1n) is 7.67. The molecule has 0 atom stereocenters. The van der Waals surface area contributed by atoms with E-state index in [9.17, 15) is 17.4 Å². The van der Waals surface area contributed by atoms with E-state index < -0.39 is 10.1 Å². The summed E-state index contributed by atoms with van der Waals surface area (Å²) in [7, 11) is -4.23. The number of H-pyrrole nitrogens is 1. The van der Waals surface area contributed by atoms with E-state index in [4.69, 9.17) is 0 Å². The second-order valence-electron chi connectivity index (χ2n) is 5.94. The number of hydrogen-bond acceptors (Lipinski definition) is 2. The van der Waals surface area contributed by atoms with Gasteiger partial charge in [-0.25, -0.2) is 4.39 Å². The van der Waals surface area contributed by atoms with Crippen molar-refractivity contribution in [1.82, 2.24) is 4.98 Å². The lowest BCUT2D eigenvalue weighted by Gasteiger charge is -2.08. The van der Waals surface area contributed by atoms with Crippen molar-refractivity contribution in [3.63, 3.8) is 0 Å². The molecule has 0 aliphatic heterocycles. The van der Waals surface area contributed by atoms with Crippen LogP contribution in [0.1, 0.15) is 23.1 Å². The standard InChI is InChI=1S/C18H18FNO3S/c1-12-5-8-18(24(21,22)23)13(9-12)3-2-4-14-11-20-17-7-6-15(19)10-16(14)17/h5-11,20H,2-4H2,1H3,(H,21,22,23). The Kier molecular flexibility index (Phi) is 4.43. The highest BCUT2D eigenvalue weighted by Gasteiger charge is 2.15. The lowest BCUT2D eigenvalue weighted by Crippen LogP contribution is -2.04. The summed E-state index contributed by atoms with van der Waals surface area (Å²) < 4.78 is 45.7. The molecule has 4 nitrogen and oxygen atoms in total. The Hall–Kier alpha value is -2.18. The molecule has 0 saturated heterocycles. The summed E-state index contributed by atoms with van der Waals surface area (Å²) in [5, 5.41) is 0.842. The molecule has 0 aliphatic rings. The van der Waals surface area contributed by atoms with Gasteiger partial charge in [-0.05, 0) is 61.6 Å². The third kappa shape index (κ3) is 3.49. The summed E-state index contributed by atoms with van der Waals surface area (Å²) in [6.07, 6.45) is 3.74. The van der Waals surface area contributed by atoms with E-state index in [1.807, 2.05) is 13.1 Å². The Balaban J connectivity index is 1.79. The monoisotopic (exact) mass is 347 g/mol. The quantitative estimate of drug-likeness (QED) is 0.684. The van der Waals surface area contributed by atoms with E-state index in [2.05, 4.69) is 4.98 Å². The number of aryl methyl sites for hydroxylation is 3. The summed E-state index contributed by atoms with van der Waals surface area (Å²) in [5.74, 6) is -0.282. The summed E-state index contributed by atoms with van der Waals surface area (Å²) in [5.41, 5.74) is 3.40. The van der Waals surface area contributed by atoms with Crippen LogP contribution in [0, 0.1) is 12.7 Å². The smallest absolute Gasteiger partial charge is 0.294 e. The minimum absolute atomic E-state index is 0.0435. The Morgan fingerprint density at radius 1 is 1.08 bits per heavy atom. The van der Waals surface area contributed by atoms with Gasteiger partial charge >= 0.3 is 0 Å². The normalized spacial score (nSPS) is 12.0. The van der Waals surface area contributed by atoms with Gasteiger partial charge in [-0.1, -0.05) is 17.7 Å². The van der Waals surface area contributed by atoms with Crippen molar-refractivity contribution < 1.29 is 17.4 Å². The topological polar surface area (TPSA) is 70.2 Å². The van der Waals surface area contributed by atoms with Crippen molar-refractivity contribution >= 4 is 21.0 Å². The van der Waals surface area contributed by atoms with Crippen molar-refractivity contribution in [2.24, 2.45) is 0 Å². The molecule has 6 heteroatoms. The number of benzene rings is 2. The first-order chi connectivity index (χ1) is 11.3. The zero-order valence-electron chi connectivity index (χ0n) is 13.2. The lowest BCUT2D eigenvalue weighted by atomic mass is 10.0. The van der Waals surface area contributed by atoms with Crippen LogP contribution in [-0.2, 0) is 23.0 Å². The van der Waals surface area contributed by atoms with Crippen molar-refractivity contribution in [1.29, 1.82) is 0 Å². The maximum absolute atomic E-state index is 13.4. The minimum atomic E-state index is -4.23. The van der Waals surface area contributed by atoms with Crippen LogP contribution in [0.25, 0.3) is 10.9 Å². The molecule has 2 aromatic carbocycles. The fraction of sp³-hybridized carbons (Fsp3) is 0.222. The molecule has 0 aliphatic carbocycles. The second-order valence-corrected chi connectivity index (χ2v) is 7.33. The molecule has 24 heavy (non-hydrogen) atoms. The highest BCUT2D eigenvalue weighted by molar-refractivity contribution is 7.85. The van der Waals surface area contributed by atoms with Crippen molar-refractivity contribution in [2.45, 2.75) is 31.1 Å². The molecule has 3 rings (SSSR count). The highest BCUT2D eigenvalue weighted by Crippen LogP contribution is 2.23. The molecule has 3 aromatic rings. The highest BCUT2D eigenvalue weighted by atomic mass is 32.2. The van der Waals surface area contributed by atoms with Gasteiger partial charge in [0, 0.05) is 17.1 Å². The van der Waals surface area contributed by atoms with E-state index >= 15 is 0 Å². The predicted molar refractivity (Wildman–Crippen MR) is 91.3 cm³/mol. The zero-order chi connectivity index (χ0) is 17.3. The third-order valence-electron chi connectivity index (χ3n) is 4.12. The summed E-state index contributed by atoms with van der Waals surface area (Å²) in [4.78, 5) is 3.06. The number of aromatic amines is 1. The average molecular weight is 347 g/mol. The summed E-state index contributed by atoms with van der Waals surface area (Å²) >= 11 is 0. The van der Waals surface area contributed by atoms with Crippen molar-refractivity contribution in [3.05, 3.63) is 65.1 Å². The van der Waals surface area contributed by atoms with Crippen LogP contribution in [0.5, 0.6) is 0 Å². The first-order valence-corrected chi connectivity index (χ1v) is 9.11. The maximum atomic E-state index is 13.4. The van der Waals surface area contributed by atoms with Gasteiger partial charge in [-0.3, -0.25) is 4.55 Å². The first kappa shape index (κ1) is 16.7. The van der Waals surface area contributed by atoms with Crippen molar-refractivity contribution in [2.75, 3.05) is 0 Å². The van der Waals surface area contributed by atoms with Gasteiger partial charge in [-0.2, -0.15) is 8.42 Å². The van der Waals surface area contributed by atoms with Crippen LogP contribution in [0.15, 0.2) is 47.5 Å². The minimum Gasteiger partial charge on any atom is -0.361 e. The van der Waals surface area contributed by atoms with Gasteiger partial charge in [0.2, 0.25) is 0 Å². The Bertz CT molecular complexity index is 993. The lowest BCUT2D eigenvalue weighted by molar-refractivity contribution is 0.482. The molecule has 126 valence electrons. The molecule has 0 bridgehead atoms. The third-order valence-corrected chi connectivity index (χ3v) is 5.07. The largest absolute Gasteiger partial charge is 0.361 e. The van der Waals surface area contributed by atoms with Crippen LogP contribution in [0.4, 0.5) is 4.39 Å². The number of hydrogen-bond donors (Lipinski definition) is 2. The molecule has 0 unspecified atom stereocenters. The number of aromatic nitrogens is 1. The Labute approximate surface area is 140 Å². The van der Waals surface area contributed by atoms with E-state index in [1.54, 1.807) is 18.2 Å². The molecule has 0 radical (unpaired) electrons. The van der Waals surface area contributed by atoms with Gasteiger partial charge < -0.3 is 4.98 Å². The maximum Gasteiger partial charge on any atom is 0.294 e. The molecule has 2 N–H and O–H groups in total. The molecular weight excluding hydrogens is 329 g/mol. The van der Waals surface area contributed by atoms with Gasteiger partial charge in [0.15, 0.2) is 0 Å². The molecular formula is C18H18FNO3S. The van der Waals surface area contributed by atoms with E-state index in [-0.39, 0.29) is 10.7 Å². The predicted octanol–water partition coefficient (Wildman–Crippen LogP) is 4.04. The zero-order valence-corrected chi connectivity index (χ0v) is 14.0. The molecule has 0 amide bonds. The van der Waals surface area contributed by atoms with Crippen LogP contribution in [0.2, 0.25) is 0 Å². The fourth-order valence-electron chi connectivity index (χ4n) is 2.98. The van der Waals surface area contributed by atoms with Gasteiger partial charge in [0.25, 0.3) is 10.1 Å². The summed E-state index contributed by atoms with van der Waals surface area (Å²) in [6.45, 7) is 1.87. The van der Waals surface area contributed by atoms with E-state index in [0.29, 0.717) is 24.8 Å². The van der Waals surface area contributed by atoms with Crippen LogP contribution >= 0.6 is 0 Å². The van der Waals surface area contributed by atoms with Gasteiger partial charge in [-0.15, -0.1) is 0 Å². The number of rotatable bonds is 5. The van der Waals surface area contributed by atoms with Crippen LogP contribution in [-0.4, -0.2) is 18.0 Å². The molecule has 0 saturated carbocycles. The van der Waals surface area contributed by atoms with Crippen LogP contribution < -0.4 is 0 Å². The SMILES string of the molecule is Cc1ccc(S(=O)(=O)O)c(CCCc2c[nH]c3ccc(F)cc23)c1. The second kappa shape index (κ2) is 6.37.